The Labute approximate surface area is 96.3 Å². The predicted molar refractivity (Wildman–Crippen MR) is 68.9 cm³/mol. The van der Waals surface area contributed by atoms with Crippen molar-refractivity contribution >= 4 is 6.08 Å². The van der Waals surface area contributed by atoms with Gasteiger partial charge in [-0.15, -0.1) is 0 Å². The highest BCUT2D eigenvalue weighted by Crippen LogP contribution is 2.36. The lowest BCUT2D eigenvalue weighted by Crippen LogP contribution is -2.08. The van der Waals surface area contributed by atoms with Crippen LogP contribution < -0.4 is 0 Å². The first-order valence-corrected chi connectivity index (χ1v) is 5.60. The molecule has 1 unspecified atom stereocenters. The topological polar surface area (TPSA) is 0 Å². The Morgan fingerprint density at radius 3 is 2.44 bits per heavy atom. The Morgan fingerprint density at radius 2 is 1.50 bits per heavy atom. The molecule has 3 rings (SSSR count). The molecule has 0 saturated heterocycles. The van der Waals surface area contributed by atoms with Gasteiger partial charge in [0.15, 0.2) is 0 Å². The molecular formula is C16H13. The lowest BCUT2D eigenvalue weighted by molar-refractivity contribution is 0.928. The zero-order chi connectivity index (χ0) is 10.8. The first-order valence-electron chi connectivity index (χ1n) is 5.60. The van der Waals surface area contributed by atoms with Crippen LogP contribution in [0.1, 0.15) is 17.0 Å². The van der Waals surface area contributed by atoms with Gasteiger partial charge in [-0.3, -0.25) is 0 Å². The molecule has 77 valence electrons. The van der Waals surface area contributed by atoms with Crippen molar-refractivity contribution in [3.05, 3.63) is 83.8 Å². The van der Waals surface area contributed by atoms with Crippen molar-refractivity contribution in [1.29, 1.82) is 0 Å². The molecule has 2 aliphatic carbocycles. The van der Waals surface area contributed by atoms with Crippen molar-refractivity contribution in [2.75, 3.05) is 0 Å². The van der Waals surface area contributed by atoms with E-state index in [0.29, 0.717) is 5.92 Å². The van der Waals surface area contributed by atoms with Crippen LogP contribution in [0.5, 0.6) is 0 Å². The summed E-state index contributed by atoms with van der Waals surface area (Å²) in [5, 5.41) is 0. The number of allylic oxidation sites excluding steroid dienone is 7. The van der Waals surface area contributed by atoms with Gasteiger partial charge in [-0.1, -0.05) is 72.9 Å². The first kappa shape index (κ1) is 9.41. The maximum Gasteiger partial charge on any atom is 0.0306 e. The van der Waals surface area contributed by atoms with Crippen molar-refractivity contribution in [2.45, 2.75) is 5.92 Å². The molecule has 0 fully saturated rings. The summed E-state index contributed by atoms with van der Waals surface area (Å²) in [4.78, 5) is 0. The average molecular weight is 205 g/mol. The molecule has 2 aliphatic rings. The molecule has 0 aliphatic heterocycles. The van der Waals surface area contributed by atoms with Crippen LogP contribution in [-0.4, -0.2) is 0 Å². The van der Waals surface area contributed by atoms with E-state index in [1.54, 1.807) is 0 Å². The van der Waals surface area contributed by atoms with E-state index >= 15 is 0 Å². The zero-order valence-electron chi connectivity index (χ0n) is 9.01. The van der Waals surface area contributed by atoms with Gasteiger partial charge in [0.25, 0.3) is 0 Å². The minimum absolute atomic E-state index is 0.405. The van der Waals surface area contributed by atoms with Gasteiger partial charge in [0, 0.05) is 11.8 Å². The Morgan fingerprint density at radius 1 is 0.750 bits per heavy atom. The summed E-state index contributed by atoms with van der Waals surface area (Å²) in [6, 6.07) is 8.60. The zero-order valence-corrected chi connectivity index (χ0v) is 9.01. The van der Waals surface area contributed by atoms with Gasteiger partial charge >= 0.3 is 0 Å². The molecule has 0 saturated carbocycles. The summed E-state index contributed by atoms with van der Waals surface area (Å²) in [5.74, 6) is 1.77. The summed E-state index contributed by atoms with van der Waals surface area (Å²) < 4.78 is 0. The number of hydrogen-bond donors (Lipinski definition) is 0. The van der Waals surface area contributed by atoms with Crippen molar-refractivity contribution in [2.24, 2.45) is 0 Å². The molecule has 1 aromatic rings. The fourth-order valence-corrected chi connectivity index (χ4v) is 2.27. The van der Waals surface area contributed by atoms with Crippen LogP contribution in [0.2, 0.25) is 0 Å². The Bertz CT molecular complexity index is 501. The summed E-state index contributed by atoms with van der Waals surface area (Å²) in [5.41, 5.74) is 2.70. The predicted octanol–water partition coefficient (Wildman–Crippen LogP) is 4.05. The van der Waals surface area contributed by atoms with Crippen LogP contribution >= 0.6 is 0 Å². The maximum atomic E-state index is 2.26. The minimum atomic E-state index is 0.405. The Hall–Kier alpha value is -1.82. The molecule has 0 heterocycles. The van der Waals surface area contributed by atoms with Crippen molar-refractivity contribution in [1.82, 2.24) is 0 Å². The molecule has 0 N–H and O–H groups in total. The second-order valence-electron chi connectivity index (χ2n) is 4.07. The largest absolute Gasteiger partial charge is 0.0758 e. The van der Waals surface area contributed by atoms with E-state index in [9.17, 15) is 0 Å². The van der Waals surface area contributed by atoms with Crippen LogP contribution in [0.3, 0.4) is 0 Å². The van der Waals surface area contributed by atoms with Crippen LogP contribution in [0, 0.1) is 5.92 Å². The molecule has 1 atom stereocenters. The van der Waals surface area contributed by atoms with E-state index in [0.717, 1.165) is 0 Å². The van der Waals surface area contributed by atoms with Crippen molar-refractivity contribution in [3.8, 4) is 0 Å². The summed E-state index contributed by atoms with van der Waals surface area (Å²) in [6.45, 7) is 0. The molecule has 0 nitrogen and oxygen atoms in total. The fraction of sp³-hybridized carbons (Fsp3) is 0.0625. The molecule has 1 radical (unpaired) electrons. The summed E-state index contributed by atoms with van der Waals surface area (Å²) in [6.07, 6.45) is 17.3. The van der Waals surface area contributed by atoms with Gasteiger partial charge < -0.3 is 0 Å². The highest BCUT2D eigenvalue weighted by molar-refractivity contribution is 5.61. The van der Waals surface area contributed by atoms with Crippen LogP contribution in [0.15, 0.2) is 66.8 Å². The van der Waals surface area contributed by atoms with E-state index < -0.39 is 0 Å². The maximum absolute atomic E-state index is 2.26. The molecule has 16 heavy (non-hydrogen) atoms. The second kappa shape index (κ2) is 3.97. The fourth-order valence-electron chi connectivity index (χ4n) is 2.27. The molecule has 0 heteroatoms. The molecule has 0 amide bonds. The van der Waals surface area contributed by atoms with Gasteiger partial charge in [0.2, 0.25) is 0 Å². The van der Waals surface area contributed by atoms with Crippen molar-refractivity contribution < 1.29 is 0 Å². The quantitative estimate of drug-likeness (QED) is 0.599. The number of rotatable bonds is 0. The van der Waals surface area contributed by atoms with Gasteiger partial charge in [0.1, 0.15) is 0 Å². The van der Waals surface area contributed by atoms with Gasteiger partial charge in [-0.2, -0.15) is 0 Å². The normalized spacial score (nSPS) is 26.4. The average Bonchev–Trinajstić information content (AvgIpc) is 2.33. The standard InChI is InChI=1S/C16H13/c1-2-8-14-10-4-6-12-16(14)15-11-5-3-9-13(15)7-1/h1-12,15H/b7-1-,8-2-. The van der Waals surface area contributed by atoms with E-state index in [-0.39, 0.29) is 0 Å². The second-order valence-corrected chi connectivity index (χ2v) is 4.07. The van der Waals surface area contributed by atoms with Gasteiger partial charge in [0.05, 0.1) is 0 Å². The first-order chi connectivity index (χ1) is 7.95. The van der Waals surface area contributed by atoms with E-state index in [4.69, 9.17) is 0 Å². The third kappa shape index (κ3) is 1.57. The molecule has 0 aromatic heterocycles. The van der Waals surface area contributed by atoms with E-state index in [1.165, 1.54) is 17.0 Å². The highest BCUT2D eigenvalue weighted by Gasteiger charge is 2.20. The molecule has 1 aromatic carbocycles. The van der Waals surface area contributed by atoms with Crippen LogP contribution in [0.25, 0.3) is 6.08 Å². The van der Waals surface area contributed by atoms with Gasteiger partial charge in [-0.25, -0.2) is 0 Å². The lowest BCUT2D eigenvalue weighted by Gasteiger charge is -2.23. The van der Waals surface area contributed by atoms with Crippen LogP contribution in [-0.2, 0) is 0 Å². The Kier molecular flexibility index (Phi) is 2.34. The van der Waals surface area contributed by atoms with E-state index in [1.807, 2.05) is 0 Å². The molecular weight excluding hydrogens is 192 g/mol. The minimum Gasteiger partial charge on any atom is -0.0758 e. The monoisotopic (exact) mass is 205 g/mol. The van der Waals surface area contributed by atoms with Crippen LogP contribution in [0.4, 0.5) is 0 Å². The lowest BCUT2D eigenvalue weighted by atomic mass is 9.80. The summed E-state index contributed by atoms with van der Waals surface area (Å²) in [7, 11) is 0. The van der Waals surface area contributed by atoms with Gasteiger partial charge in [-0.05, 0) is 11.1 Å². The number of fused-ring (bicyclic) bond motifs is 3. The number of benzene rings is 1. The molecule has 0 spiro atoms. The molecule has 0 bridgehead atoms. The van der Waals surface area contributed by atoms with E-state index in [2.05, 4.69) is 72.9 Å². The third-order valence-electron chi connectivity index (χ3n) is 3.07. The summed E-state index contributed by atoms with van der Waals surface area (Å²) >= 11 is 0. The van der Waals surface area contributed by atoms with Crippen molar-refractivity contribution in [3.63, 3.8) is 0 Å². The smallest absolute Gasteiger partial charge is 0.0306 e. The SMILES string of the molecule is C1=C[C]2/C=C\C=C/c3ccccc3C2C=C1. The number of hydrogen-bond acceptors (Lipinski definition) is 0. The third-order valence-corrected chi connectivity index (χ3v) is 3.07. The Balaban J connectivity index is 2.16. The highest BCUT2D eigenvalue weighted by atomic mass is 14.2.